The molecule has 0 saturated carbocycles. The molecular weight excluding hydrogens is 645 g/mol. The predicted molar refractivity (Wildman–Crippen MR) is 174 cm³/mol. The van der Waals surface area contributed by atoms with Crippen molar-refractivity contribution >= 4 is 43.5 Å². The lowest BCUT2D eigenvalue weighted by atomic mass is 10.0. The molecule has 44 heavy (non-hydrogen) atoms. The number of rotatable bonds is 13. The van der Waals surface area contributed by atoms with E-state index in [0.29, 0.717) is 13.0 Å². The van der Waals surface area contributed by atoms with Crippen molar-refractivity contribution in [3.8, 4) is 0 Å². The topological polar surface area (TPSA) is 86.8 Å². The largest absolute Gasteiger partial charge is 0.354 e. The second-order valence-corrected chi connectivity index (χ2v) is 13.2. The Hall–Kier alpha value is -4.02. The molecule has 0 radical (unpaired) electrons. The zero-order chi connectivity index (χ0) is 31.7. The molecule has 0 aliphatic rings. The van der Waals surface area contributed by atoms with Gasteiger partial charge in [0.25, 0.3) is 10.0 Å². The van der Waals surface area contributed by atoms with Crippen LogP contribution in [0.4, 0.5) is 10.1 Å². The Morgan fingerprint density at radius 3 is 2.18 bits per heavy atom. The maximum atomic E-state index is 14.4. The first-order valence-corrected chi connectivity index (χ1v) is 16.5. The van der Waals surface area contributed by atoms with Gasteiger partial charge in [0.05, 0.1) is 10.6 Å². The van der Waals surface area contributed by atoms with Crippen molar-refractivity contribution in [1.29, 1.82) is 0 Å². The Morgan fingerprint density at radius 1 is 0.886 bits per heavy atom. The Kier molecular flexibility index (Phi) is 11.3. The molecule has 230 valence electrons. The Morgan fingerprint density at radius 2 is 1.55 bits per heavy atom. The normalized spacial score (nSPS) is 11.9. The van der Waals surface area contributed by atoms with Gasteiger partial charge in [-0.25, -0.2) is 12.8 Å². The van der Waals surface area contributed by atoms with Crippen molar-refractivity contribution in [3.63, 3.8) is 0 Å². The molecular formula is C34H35BrFN3O4S. The third-order valence-corrected chi connectivity index (χ3v) is 9.35. The fourth-order valence-electron chi connectivity index (χ4n) is 4.73. The van der Waals surface area contributed by atoms with Crippen LogP contribution >= 0.6 is 15.9 Å². The van der Waals surface area contributed by atoms with Crippen LogP contribution in [0.1, 0.15) is 30.0 Å². The molecule has 2 amide bonds. The van der Waals surface area contributed by atoms with Gasteiger partial charge in [-0.2, -0.15) is 0 Å². The molecule has 0 heterocycles. The number of benzene rings is 4. The highest BCUT2D eigenvalue weighted by molar-refractivity contribution is 9.10. The fourth-order valence-corrected chi connectivity index (χ4v) is 6.59. The minimum Gasteiger partial charge on any atom is -0.354 e. The highest BCUT2D eigenvalue weighted by Crippen LogP contribution is 2.26. The average Bonchev–Trinajstić information content (AvgIpc) is 3.01. The van der Waals surface area contributed by atoms with Crippen LogP contribution in [-0.2, 0) is 32.6 Å². The highest BCUT2D eigenvalue weighted by atomic mass is 79.9. The number of hydrogen-bond donors (Lipinski definition) is 1. The quantitative estimate of drug-likeness (QED) is 0.181. The second-order valence-electron chi connectivity index (χ2n) is 10.4. The third-order valence-electron chi connectivity index (χ3n) is 7.06. The maximum Gasteiger partial charge on any atom is 0.264 e. The smallest absolute Gasteiger partial charge is 0.264 e. The van der Waals surface area contributed by atoms with E-state index in [9.17, 15) is 22.4 Å². The molecule has 4 aromatic rings. The SMILES string of the molecule is CCCNC(=O)[C@@H](Cc1ccccc1)N(Cc1cccc(Br)c1)C(=O)CN(c1ccc(C)cc1)S(=O)(=O)c1ccc(F)cc1. The summed E-state index contributed by atoms with van der Waals surface area (Å²) in [6.07, 6.45) is 0.936. The lowest BCUT2D eigenvalue weighted by molar-refractivity contribution is -0.140. The maximum absolute atomic E-state index is 14.4. The number of amides is 2. The van der Waals surface area contributed by atoms with Crippen molar-refractivity contribution in [1.82, 2.24) is 10.2 Å². The molecule has 1 atom stereocenters. The van der Waals surface area contributed by atoms with Crippen LogP contribution in [0.5, 0.6) is 0 Å². The lowest BCUT2D eigenvalue weighted by Crippen LogP contribution is -2.53. The first kappa shape index (κ1) is 32.9. The summed E-state index contributed by atoms with van der Waals surface area (Å²) in [4.78, 5) is 29.4. The Bertz CT molecular complexity index is 1670. The van der Waals surface area contributed by atoms with Crippen LogP contribution in [-0.4, -0.2) is 44.3 Å². The Balaban J connectivity index is 1.79. The van der Waals surface area contributed by atoms with Gasteiger partial charge in [0, 0.05) is 24.0 Å². The first-order chi connectivity index (χ1) is 21.1. The summed E-state index contributed by atoms with van der Waals surface area (Å²) in [5, 5.41) is 2.93. The van der Waals surface area contributed by atoms with E-state index in [-0.39, 0.29) is 29.5 Å². The number of nitrogens with zero attached hydrogens (tertiary/aromatic N) is 2. The van der Waals surface area contributed by atoms with Gasteiger partial charge >= 0.3 is 0 Å². The molecule has 0 aromatic heterocycles. The van der Waals surface area contributed by atoms with E-state index in [1.807, 2.05) is 68.4 Å². The number of halogens is 2. The van der Waals surface area contributed by atoms with Gasteiger partial charge in [-0.05, 0) is 73.0 Å². The van der Waals surface area contributed by atoms with Crippen LogP contribution in [0.3, 0.4) is 0 Å². The number of nitrogens with one attached hydrogen (secondary N) is 1. The van der Waals surface area contributed by atoms with Gasteiger partial charge in [-0.1, -0.05) is 83.0 Å². The number of anilines is 1. The first-order valence-electron chi connectivity index (χ1n) is 14.3. The van der Waals surface area contributed by atoms with E-state index in [0.717, 1.165) is 37.6 Å². The van der Waals surface area contributed by atoms with Crippen LogP contribution < -0.4 is 9.62 Å². The number of hydrogen-bond acceptors (Lipinski definition) is 4. The third kappa shape index (κ3) is 8.54. The summed E-state index contributed by atoms with van der Waals surface area (Å²) in [6, 6.07) is 27.1. The number of sulfonamides is 1. The van der Waals surface area contributed by atoms with Crippen molar-refractivity contribution < 1.29 is 22.4 Å². The molecule has 0 spiro atoms. The summed E-state index contributed by atoms with van der Waals surface area (Å²) < 4.78 is 43.5. The highest BCUT2D eigenvalue weighted by Gasteiger charge is 2.34. The van der Waals surface area contributed by atoms with Gasteiger partial charge in [-0.3, -0.25) is 13.9 Å². The number of carbonyl (C=O) groups is 2. The van der Waals surface area contributed by atoms with Crippen LogP contribution in [0.2, 0.25) is 0 Å². The molecule has 0 fully saturated rings. The summed E-state index contributed by atoms with van der Waals surface area (Å²) in [5.74, 6) is -1.48. The summed E-state index contributed by atoms with van der Waals surface area (Å²) >= 11 is 3.48. The van der Waals surface area contributed by atoms with Gasteiger partial charge in [0.15, 0.2) is 0 Å². The fraction of sp³-hybridized carbons (Fsp3) is 0.235. The van der Waals surface area contributed by atoms with E-state index in [2.05, 4.69) is 21.2 Å². The van der Waals surface area contributed by atoms with Crippen molar-refractivity contribution in [2.45, 2.75) is 44.2 Å². The lowest BCUT2D eigenvalue weighted by Gasteiger charge is -2.34. The zero-order valence-corrected chi connectivity index (χ0v) is 27.0. The van der Waals surface area contributed by atoms with Crippen molar-refractivity contribution in [2.24, 2.45) is 0 Å². The number of aryl methyl sites for hydroxylation is 1. The second kappa shape index (κ2) is 15.1. The molecule has 0 aliphatic carbocycles. The summed E-state index contributed by atoms with van der Waals surface area (Å²) in [7, 11) is -4.30. The van der Waals surface area contributed by atoms with Crippen LogP contribution in [0.25, 0.3) is 0 Å². The standard InChI is InChI=1S/C34H35BrFN3O4S/c1-3-20-37-34(41)32(22-26-8-5-4-6-9-26)38(23-27-10-7-11-28(35)21-27)33(40)24-39(30-16-12-25(2)13-17-30)44(42,43)31-18-14-29(36)15-19-31/h4-19,21,32H,3,20,22-24H2,1-2H3,(H,37,41)/t32-/m1/s1. The molecule has 0 unspecified atom stereocenters. The molecule has 1 N–H and O–H groups in total. The summed E-state index contributed by atoms with van der Waals surface area (Å²) in [6.45, 7) is 3.72. The van der Waals surface area contributed by atoms with E-state index in [1.54, 1.807) is 24.3 Å². The molecule has 0 saturated heterocycles. The minimum atomic E-state index is -4.30. The van der Waals surface area contributed by atoms with Gasteiger partial charge < -0.3 is 10.2 Å². The van der Waals surface area contributed by atoms with Crippen LogP contribution in [0, 0.1) is 12.7 Å². The molecule has 10 heteroatoms. The monoisotopic (exact) mass is 679 g/mol. The van der Waals surface area contributed by atoms with Gasteiger partial charge in [0.2, 0.25) is 11.8 Å². The molecule has 0 bridgehead atoms. The van der Waals surface area contributed by atoms with Crippen molar-refractivity contribution in [2.75, 3.05) is 17.4 Å². The minimum absolute atomic E-state index is 0.0631. The van der Waals surface area contributed by atoms with E-state index >= 15 is 0 Å². The molecule has 4 rings (SSSR count). The average molecular weight is 681 g/mol. The van der Waals surface area contributed by atoms with Gasteiger partial charge in [0.1, 0.15) is 18.4 Å². The number of carbonyl (C=O) groups excluding carboxylic acids is 2. The Labute approximate surface area is 266 Å². The van der Waals surface area contributed by atoms with E-state index < -0.39 is 34.3 Å². The van der Waals surface area contributed by atoms with E-state index in [1.165, 1.54) is 17.0 Å². The van der Waals surface area contributed by atoms with Crippen LogP contribution in [0.15, 0.2) is 112 Å². The van der Waals surface area contributed by atoms with Gasteiger partial charge in [-0.15, -0.1) is 0 Å². The predicted octanol–water partition coefficient (Wildman–Crippen LogP) is 6.26. The molecule has 0 aliphatic heterocycles. The zero-order valence-electron chi connectivity index (χ0n) is 24.6. The van der Waals surface area contributed by atoms with Crippen molar-refractivity contribution in [3.05, 3.63) is 130 Å². The molecule has 7 nitrogen and oxygen atoms in total. The summed E-state index contributed by atoms with van der Waals surface area (Å²) in [5.41, 5.74) is 2.79. The van der Waals surface area contributed by atoms with E-state index in [4.69, 9.17) is 0 Å². The molecule has 4 aromatic carbocycles.